The summed E-state index contributed by atoms with van der Waals surface area (Å²) in [6.45, 7) is 3.72. The number of hydrogen-bond donors (Lipinski definition) is 1. The molecule has 1 amide bonds. The molecule has 0 atom stereocenters. The van der Waals surface area contributed by atoms with Crippen LogP contribution in [0.5, 0.6) is 0 Å². The van der Waals surface area contributed by atoms with Crippen LogP contribution in [0.4, 0.5) is 5.69 Å². The van der Waals surface area contributed by atoms with Crippen molar-refractivity contribution < 1.29 is 9.72 Å². The summed E-state index contributed by atoms with van der Waals surface area (Å²) in [5.74, 6) is 0.368. The molecule has 1 aromatic heterocycles. The molecule has 0 saturated heterocycles. The maximum atomic E-state index is 12.5. The average Bonchev–Trinajstić information content (AvgIpc) is 3.31. The Hall–Kier alpha value is -4.02. The molecule has 0 aliphatic carbocycles. The van der Waals surface area contributed by atoms with Crippen molar-refractivity contribution in [1.82, 2.24) is 20.2 Å². The molecule has 0 fully saturated rings. The molecule has 4 aromatic rings. The fourth-order valence-corrected chi connectivity index (χ4v) is 4.14. The number of aromatic nitrogens is 3. The maximum absolute atomic E-state index is 12.5. The Balaban J connectivity index is 1.50. The van der Waals surface area contributed by atoms with Gasteiger partial charge in [0.15, 0.2) is 11.0 Å². The lowest BCUT2D eigenvalue weighted by Gasteiger charge is -2.10. The van der Waals surface area contributed by atoms with Crippen LogP contribution >= 0.6 is 23.4 Å². The second-order valence-corrected chi connectivity index (χ2v) is 9.19. The fraction of sp³-hybridized carbons (Fsp3) is 0.120. The van der Waals surface area contributed by atoms with Gasteiger partial charge in [-0.25, -0.2) is 5.43 Å². The lowest BCUT2D eigenvalue weighted by atomic mass is 10.1. The zero-order valence-electron chi connectivity index (χ0n) is 19.4. The first-order chi connectivity index (χ1) is 17.3. The normalized spacial score (nSPS) is 11.4. The van der Waals surface area contributed by atoms with Crippen LogP contribution in [0.3, 0.4) is 0 Å². The van der Waals surface area contributed by atoms with Gasteiger partial charge < -0.3 is 0 Å². The van der Waals surface area contributed by atoms with E-state index in [0.717, 1.165) is 16.8 Å². The minimum atomic E-state index is -0.470. The molecule has 0 aliphatic rings. The molecular weight excluding hydrogens is 500 g/mol. The number of hydrogen-bond acceptors (Lipinski definition) is 7. The number of carbonyl (C=O) groups is 1. The third-order valence-electron chi connectivity index (χ3n) is 5.20. The van der Waals surface area contributed by atoms with Crippen molar-refractivity contribution >= 4 is 40.7 Å². The molecule has 11 heteroatoms. The van der Waals surface area contributed by atoms with Crippen molar-refractivity contribution in [3.8, 4) is 17.1 Å². The van der Waals surface area contributed by atoms with Crippen LogP contribution < -0.4 is 5.43 Å². The van der Waals surface area contributed by atoms with Gasteiger partial charge in [-0.3, -0.25) is 19.5 Å². The van der Waals surface area contributed by atoms with Crippen molar-refractivity contribution in [3.63, 3.8) is 0 Å². The van der Waals surface area contributed by atoms with Crippen LogP contribution in [0.2, 0.25) is 5.02 Å². The fourth-order valence-electron chi connectivity index (χ4n) is 3.27. The number of amides is 1. The molecule has 0 unspecified atom stereocenters. The van der Waals surface area contributed by atoms with E-state index in [1.165, 1.54) is 23.9 Å². The number of non-ortho nitro benzene ring substituents is 1. The third-order valence-corrected chi connectivity index (χ3v) is 6.39. The topological polar surface area (TPSA) is 115 Å². The van der Waals surface area contributed by atoms with E-state index >= 15 is 0 Å². The number of benzene rings is 3. The van der Waals surface area contributed by atoms with Crippen LogP contribution in [0.25, 0.3) is 17.1 Å². The quantitative estimate of drug-likeness (QED) is 0.143. The second kappa shape index (κ2) is 11.1. The van der Waals surface area contributed by atoms with Gasteiger partial charge in [0.05, 0.1) is 16.4 Å². The van der Waals surface area contributed by atoms with Crippen LogP contribution in [0, 0.1) is 17.0 Å². The Morgan fingerprint density at radius 2 is 1.72 bits per heavy atom. The van der Waals surface area contributed by atoms with Gasteiger partial charge in [0.25, 0.3) is 11.6 Å². The predicted octanol–water partition coefficient (Wildman–Crippen LogP) is 5.44. The van der Waals surface area contributed by atoms with E-state index in [-0.39, 0.29) is 17.3 Å². The summed E-state index contributed by atoms with van der Waals surface area (Å²) >= 11 is 7.30. The zero-order valence-corrected chi connectivity index (χ0v) is 21.0. The molecule has 1 heterocycles. The lowest BCUT2D eigenvalue weighted by molar-refractivity contribution is -0.384. The number of hydrazone groups is 1. The van der Waals surface area contributed by atoms with Gasteiger partial charge in [-0.15, -0.1) is 10.2 Å². The van der Waals surface area contributed by atoms with Crippen LogP contribution in [0.1, 0.15) is 18.1 Å². The predicted molar refractivity (Wildman–Crippen MR) is 141 cm³/mol. The first kappa shape index (κ1) is 25.1. The number of nitro benzene ring substituents is 1. The van der Waals surface area contributed by atoms with E-state index in [9.17, 15) is 14.9 Å². The van der Waals surface area contributed by atoms with Gasteiger partial charge in [-0.05, 0) is 55.8 Å². The van der Waals surface area contributed by atoms with Crippen LogP contribution in [-0.4, -0.2) is 37.1 Å². The van der Waals surface area contributed by atoms with Gasteiger partial charge in [-0.1, -0.05) is 53.2 Å². The second-order valence-electron chi connectivity index (χ2n) is 7.81. The summed E-state index contributed by atoms with van der Waals surface area (Å²) < 4.78 is 1.88. The van der Waals surface area contributed by atoms with Gasteiger partial charge in [0.2, 0.25) is 0 Å². The van der Waals surface area contributed by atoms with Crippen molar-refractivity contribution in [2.24, 2.45) is 5.10 Å². The van der Waals surface area contributed by atoms with E-state index in [0.29, 0.717) is 27.3 Å². The highest BCUT2D eigenvalue weighted by Gasteiger charge is 2.17. The standard InChI is InChI=1S/C25H21ClN6O3S/c1-16-3-5-19(6-4-16)24-29-30-25(31(24)21-13-9-20(26)10-14-21)36-15-23(33)28-27-17(2)18-7-11-22(12-8-18)32(34)35/h3-14H,15H2,1-2H3,(H,28,33). The Kier molecular flexibility index (Phi) is 7.77. The molecule has 4 rings (SSSR count). The maximum Gasteiger partial charge on any atom is 0.269 e. The summed E-state index contributed by atoms with van der Waals surface area (Å²) in [5, 5.41) is 24.8. The molecule has 0 spiro atoms. The Morgan fingerprint density at radius 1 is 1.06 bits per heavy atom. The highest BCUT2D eigenvalue weighted by Crippen LogP contribution is 2.28. The average molecular weight is 521 g/mol. The highest BCUT2D eigenvalue weighted by molar-refractivity contribution is 7.99. The highest BCUT2D eigenvalue weighted by atomic mass is 35.5. The van der Waals surface area contributed by atoms with Crippen LogP contribution in [-0.2, 0) is 4.79 Å². The smallest absolute Gasteiger partial charge is 0.269 e. The van der Waals surface area contributed by atoms with E-state index in [4.69, 9.17) is 11.6 Å². The summed E-state index contributed by atoms with van der Waals surface area (Å²) in [7, 11) is 0. The van der Waals surface area contributed by atoms with E-state index in [1.807, 2.05) is 47.9 Å². The Labute approximate surface area is 216 Å². The molecular formula is C25H21ClN6O3S. The molecule has 0 saturated carbocycles. The van der Waals surface area contributed by atoms with Crippen molar-refractivity contribution in [2.45, 2.75) is 19.0 Å². The minimum absolute atomic E-state index is 0.0122. The number of nitrogens with zero attached hydrogens (tertiary/aromatic N) is 5. The minimum Gasteiger partial charge on any atom is -0.272 e. The molecule has 1 N–H and O–H groups in total. The molecule has 3 aromatic carbocycles. The molecule has 9 nitrogen and oxygen atoms in total. The number of aryl methyl sites for hydroxylation is 1. The SMILES string of the molecule is CC(=NNC(=O)CSc1nnc(-c2ccc(C)cc2)n1-c1ccc(Cl)cc1)c1ccc([N+](=O)[O-])cc1. The summed E-state index contributed by atoms with van der Waals surface area (Å²) in [6, 6.07) is 21.2. The van der Waals surface area contributed by atoms with E-state index in [2.05, 4.69) is 20.7 Å². The van der Waals surface area contributed by atoms with Gasteiger partial charge >= 0.3 is 0 Å². The number of thioether (sulfide) groups is 1. The number of rotatable bonds is 8. The first-order valence-electron chi connectivity index (χ1n) is 10.8. The van der Waals surface area contributed by atoms with Crippen molar-refractivity contribution in [1.29, 1.82) is 0 Å². The number of halogens is 1. The van der Waals surface area contributed by atoms with Crippen molar-refractivity contribution in [2.75, 3.05) is 5.75 Å². The third kappa shape index (κ3) is 5.96. The zero-order chi connectivity index (χ0) is 25.7. The van der Waals surface area contributed by atoms with Gasteiger partial charge in [0.1, 0.15) is 0 Å². The first-order valence-corrected chi connectivity index (χ1v) is 12.2. The lowest BCUT2D eigenvalue weighted by Crippen LogP contribution is -2.21. The largest absolute Gasteiger partial charge is 0.272 e. The monoisotopic (exact) mass is 520 g/mol. The summed E-state index contributed by atoms with van der Waals surface area (Å²) in [5.41, 5.74) is 6.53. The molecule has 0 bridgehead atoms. The van der Waals surface area contributed by atoms with Crippen LogP contribution in [0.15, 0.2) is 83.1 Å². The molecule has 0 radical (unpaired) electrons. The van der Waals surface area contributed by atoms with Crippen molar-refractivity contribution in [3.05, 3.63) is 99.1 Å². The molecule has 36 heavy (non-hydrogen) atoms. The van der Waals surface area contributed by atoms with Gasteiger partial charge in [0, 0.05) is 28.4 Å². The Bertz CT molecular complexity index is 1420. The number of carbonyl (C=O) groups excluding carboxylic acids is 1. The molecule has 0 aliphatic heterocycles. The van der Waals surface area contributed by atoms with E-state index in [1.54, 1.807) is 31.2 Å². The number of nitro groups is 1. The Morgan fingerprint density at radius 3 is 2.36 bits per heavy atom. The summed E-state index contributed by atoms with van der Waals surface area (Å²) in [4.78, 5) is 22.8. The number of nitrogens with one attached hydrogen (secondary N) is 1. The van der Waals surface area contributed by atoms with E-state index < -0.39 is 4.92 Å². The van der Waals surface area contributed by atoms with Gasteiger partial charge in [-0.2, -0.15) is 5.10 Å². The molecule has 182 valence electrons. The summed E-state index contributed by atoms with van der Waals surface area (Å²) in [6.07, 6.45) is 0.